The molecule has 0 atom stereocenters. The number of aromatic nitrogens is 2. The molecule has 1 amide bonds. The Morgan fingerprint density at radius 2 is 1.87 bits per heavy atom. The van der Waals surface area contributed by atoms with Crippen molar-refractivity contribution in [2.45, 2.75) is 31.7 Å². The van der Waals surface area contributed by atoms with E-state index in [4.69, 9.17) is 11.6 Å². The van der Waals surface area contributed by atoms with Gasteiger partial charge in [-0.25, -0.2) is 4.79 Å². The van der Waals surface area contributed by atoms with Gasteiger partial charge in [0.1, 0.15) is 0 Å². The Balaban J connectivity index is 2.01. The summed E-state index contributed by atoms with van der Waals surface area (Å²) in [6.07, 6.45) is 4.33. The van der Waals surface area contributed by atoms with Crippen molar-refractivity contribution in [1.29, 1.82) is 0 Å². The van der Waals surface area contributed by atoms with Gasteiger partial charge >= 0.3 is 5.69 Å². The van der Waals surface area contributed by atoms with E-state index in [1.54, 1.807) is 0 Å². The average Bonchev–Trinajstić information content (AvgIpc) is 2.49. The fourth-order valence-electron chi connectivity index (χ4n) is 2.79. The molecule has 1 aromatic rings. The van der Waals surface area contributed by atoms with E-state index in [0.29, 0.717) is 12.8 Å². The Hall–Kier alpha value is -2.75. The summed E-state index contributed by atoms with van der Waals surface area (Å²) in [5, 5.41) is 12.3. The molecule has 1 aliphatic carbocycles. The Kier molecular flexibility index (Phi) is 5.06. The number of nitrogens with two attached hydrogens (primary N) is 2. The highest BCUT2D eigenvalue weighted by atomic mass is 16.3. The molecule has 0 spiro atoms. The lowest BCUT2D eigenvalue weighted by atomic mass is 9.84. The SMILES string of the molecule is N/C=C(\NN)C1CCC(NC(=O)c2c(O)[nH]c(=O)[nH]c2=O)CC1. The summed E-state index contributed by atoms with van der Waals surface area (Å²) < 4.78 is 0. The Morgan fingerprint density at radius 3 is 2.39 bits per heavy atom. The maximum absolute atomic E-state index is 12.1. The maximum Gasteiger partial charge on any atom is 0.328 e. The molecule has 0 radical (unpaired) electrons. The lowest BCUT2D eigenvalue weighted by molar-refractivity contribution is 0.0918. The van der Waals surface area contributed by atoms with Crippen LogP contribution in [0, 0.1) is 5.92 Å². The Bertz CT molecular complexity index is 714. The van der Waals surface area contributed by atoms with Crippen molar-refractivity contribution in [2.75, 3.05) is 0 Å². The zero-order valence-corrected chi connectivity index (χ0v) is 12.4. The molecule has 0 bridgehead atoms. The second-order valence-corrected chi connectivity index (χ2v) is 5.42. The fourth-order valence-corrected chi connectivity index (χ4v) is 2.79. The van der Waals surface area contributed by atoms with Gasteiger partial charge in [-0.2, -0.15) is 0 Å². The lowest BCUT2D eigenvalue weighted by Gasteiger charge is -2.30. The van der Waals surface area contributed by atoms with Gasteiger partial charge in [-0.05, 0) is 25.7 Å². The smallest absolute Gasteiger partial charge is 0.328 e. The van der Waals surface area contributed by atoms with Gasteiger partial charge in [0.15, 0.2) is 5.56 Å². The molecule has 23 heavy (non-hydrogen) atoms. The maximum atomic E-state index is 12.1. The van der Waals surface area contributed by atoms with Gasteiger partial charge in [-0.1, -0.05) is 0 Å². The van der Waals surface area contributed by atoms with E-state index in [9.17, 15) is 19.5 Å². The van der Waals surface area contributed by atoms with Crippen LogP contribution in [0.15, 0.2) is 21.5 Å². The monoisotopic (exact) mass is 324 g/mol. The van der Waals surface area contributed by atoms with E-state index in [0.717, 1.165) is 18.5 Å². The summed E-state index contributed by atoms with van der Waals surface area (Å²) >= 11 is 0. The number of nitrogens with one attached hydrogen (secondary N) is 4. The van der Waals surface area contributed by atoms with Crippen LogP contribution in [-0.2, 0) is 0 Å². The third-order valence-corrected chi connectivity index (χ3v) is 4.00. The minimum atomic E-state index is -0.932. The van der Waals surface area contributed by atoms with E-state index < -0.39 is 28.6 Å². The summed E-state index contributed by atoms with van der Waals surface area (Å²) in [7, 11) is 0. The summed E-state index contributed by atoms with van der Waals surface area (Å²) in [5.74, 6) is 4.11. The predicted molar refractivity (Wildman–Crippen MR) is 82.2 cm³/mol. The van der Waals surface area contributed by atoms with Crippen molar-refractivity contribution in [2.24, 2.45) is 17.5 Å². The van der Waals surface area contributed by atoms with Gasteiger partial charge in [0.25, 0.3) is 11.5 Å². The van der Waals surface area contributed by atoms with Crippen molar-refractivity contribution in [3.05, 3.63) is 38.3 Å². The van der Waals surface area contributed by atoms with Crippen molar-refractivity contribution < 1.29 is 9.90 Å². The van der Waals surface area contributed by atoms with Crippen molar-refractivity contribution in [3.8, 4) is 5.88 Å². The topological polar surface area (TPSA) is 179 Å². The van der Waals surface area contributed by atoms with E-state index >= 15 is 0 Å². The number of aromatic amines is 2. The first kappa shape index (κ1) is 16.6. The predicted octanol–water partition coefficient (Wildman–Crippen LogP) is -1.68. The van der Waals surface area contributed by atoms with E-state index in [1.807, 2.05) is 9.97 Å². The molecule has 1 heterocycles. The summed E-state index contributed by atoms with van der Waals surface area (Å²) in [6.45, 7) is 0. The largest absolute Gasteiger partial charge is 0.494 e. The first-order valence-corrected chi connectivity index (χ1v) is 7.21. The number of H-pyrrole nitrogens is 2. The van der Waals surface area contributed by atoms with Gasteiger partial charge in [0.2, 0.25) is 5.88 Å². The highest BCUT2D eigenvalue weighted by Gasteiger charge is 2.26. The number of aromatic hydroxyl groups is 1. The number of amides is 1. The lowest BCUT2D eigenvalue weighted by Crippen LogP contribution is -2.42. The summed E-state index contributed by atoms with van der Waals surface area (Å²) in [6, 6.07) is -0.138. The van der Waals surface area contributed by atoms with Crippen molar-refractivity contribution in [1.82, 2.24) is 20.7 Å². The molecule has 1 fully saturated rings. The van der Waals surface area contributed by atoms with Crippen LogP contribution in [0.3, 0.4) is 0 Å². The van der Waals surface area contributed by atoms with Crippen LogP contribution in [0.4, 0.5) is 0 Å². The minimum absolute atomic E-state index is 0.138. The summed E-state index contributed by atoms with van der Waals surface area (Å²) in [5.41, 5.74) is 6.49. The third kappa shape index (κ3) is 3.72. The first-order valence-electron chi connectivity index (χ1n) is 7.21. The van der Waals surface area contributed by atoms with Crippen LogP contribution in [0.2, 0.25) is 0 Å². The number of hydrazine groups is 1. The van der Waals surface area contributed by atoms with E-state index in [1.165, 1.54) is 6.20 Å². The molecule has 10 heteroatoms. The molecule has 10 nitrogen and oxygen atoms in total. The zero-order chi connectivity index (χ0) is 17.0. The van der Waals surface area contributed by atoms with Gasteiger partial charge in [0, 0.05) is 23.9 Å². The normalized spacial score (nSPS) is 21.7. The molecule has 1 aliphatic rings. The van der Waals surface area contributed by atoms with Crippen LogP contribution in [0.25, 0.3) is 0 Å². The zero-order valence-electron chi connectivity index (χ0n) is 12.4. The Morgan fingerprint density at radius 1 is 1.22 bits per heavy atom. The molecule has 1 aromatic heterocycles. The highest BCUT2D eigenvalue weighted by Crippen LogP contribution is 2.28. The number of carbonyl (C=O) groups excluding carboxylic acids is 1. The molecule has 0 unspecified atom stereocenters. The van der Waals surface area contributed by atoms with E-state index in [-0.39, 0.29) is 12.0 Å². The molecule has 2 rings (SSSR count). The second-order valence-electron chi connectivity index (χ2n) is 5.42. The van der Waals surface area contributed by atoms with E-state index in [2.05, 4.69) is 10.7 Å². The van der Waals surface area contributed by atoms with Gasteiger partial charge < -0.3 is 21.6 Å². The van der Waals surface area contributed by atoms with Gasteiger partial charge in [-0.15, -0.1) is 0 Å². The quantitative estimate of drug-likeness (QED) is 0.255. The molecular weight excluding hydrogens is 304 g/mol. The van der Waals surface area contributed by atoms with Crippen LogP contribution in [-0.4, -0.2) is 27.0 Å². The minimum Gasteiger partial charge on any atom is -0.494 e. The fraction of sp³-hybridized carbons (Fsp3) is 0.462. The van der Waals surface area contributed by atoms with Crippen LogP contribution < -0.4 is 33.6 Å². The van der Waals surface area contributed by atoms with Crippen LogP contribution in [0.5, 0.6) is 5.88 Å². The van der Waals surface area contributed by atoms with Gasteiger partial charge in [-0.3, -0.25) is 25.4 Å². The number of allylic oxidation sites excluding steroid dienone is 1. The number of rotatable bonds is 4. The standard InChI is InChI=1S/C13H20N6O4/c14-5-8(19-15)6-1-3-7(4-2-6)16-10(20)9-11(21)17-13(23)18-12(9)22/h5-7,19H,1-4,14-15H2,(H,16,20)(H3,17,18,21,22,23)/b8-5-. The number of carbonyl (C=O) groups is 1. The molecule has 0 saturated heterocycles. The third-order valence-electron chi connectivity index (χ3n) is 4.00. The molecule has 1 saturated carbocycles. The van der Waals surface area contributed by atoms with Crippen LogP contribution in [0.1, 0.15) is 36.0 Å². The molecule has 0 aliphatic heterocycles. The first-order chi connectivity index (χ1) is 11.0. The summed E-state index contributed by atoms with van der Waals surface area (Å²) in [4.78, 5) is 38.6. The second kappa shape index (κ2) is 7.01. The number of hydrogen-bond acceptors (Lipinski definition) is 7. The Labute approximate surface area is 130 Å². The molecular formula is C13H20N6O4. The molecule has 126 valence electrons. The highest BCUT2D eigenvalue weighted by molar-refractivity contribution is 5.95. The van der Waals surface area contributed by atoms with Crippen LogP contribution >= 0.6 is 0 Å². The van der Waals surface area contributed by atoms with Crippen molar-refractivity contribution >= 4 is 5.91 Å². The van der Waals surface area contributed by atoms with Gasteiger partial charge in [0.05, 0.1) is 0 Å². The average molecular weight is 324 g/mol. The van der Waals surface area contributed by atoms with Crippen molar-refractivity contribution in [3.63, 3.8) is 0 Å². The number of hydrogen-bond donors (Lipinski definition) is 7. The molecule has 9 N–H and O–H groups in total. The molecule has 0 aromatic carbocycles.